The Hall–Kier alpha value is -2.40. The van der Waals surface area contributed by atoms with Gasteiger partial charge in [-0.3, -0.25) is 0 Å². The Kier molecular flexibility index (Phi) is 5.34. The highest BCUT2D eigenvalue weighted by atomic mass is 19.1. The summed E-state index contributed by atoms with van der Waals surface area (Å²) in [4.78, 5) is 12.3. The van der Waals surface area contributed by atoms with Gasteiger partial charge in [0.1, 0.15) is 5.82 Å². The summed E-state index contributed by atoms with van der Waals surface area (Å²) < 4.78 is 14.0. The van der Waals surface area contributed by atoms with Crippen molar-refractivity contribution in [1.29, 1.82) is 0 Å². The molecular weight excluding hydrogens is 319 g/mol. The summed E-state index contributed by atoms with van der Waals surface area (Å²) in [5.74, 6) is -0.218. The van der Waals surface area contributed by atoms with Crippen LogP contribution in [0.3, 0.4) is 0 Å². The SMILES string of the molecule is O=C(NCC1(c2ccccc2F)CC1)N[C@H](CCO)c1ccccc1. The lowest BCUT2D eigenvalue weighted by atomic mass is 9.95. The Bertz CT molecular complexity index is 717. The Labute approximate surface area is 147 Å². The molecule has 3 rings (SSSR count). The average molecular weight is 342 g/mol. The maximum absolute atomic E-state index is 14.0. The van der Waals surface area contributed by atoms with Crippen molar-refractivity contribution < 1.29 is 14.3 Å². The van der Waals surface area contributed by atoms with Gasteiger partial charge in [0.2, 0.25) is 0 Å². The van der Waals surface area contributed by atoms with E-state index in [2.05, 4.69) is 10.6 Å². The summed E-state index contributed by atoms with van der Waals surface area (Å²) in [7, 11) is 0. The molecule has 25 heavy (non-hydrogen) atoms. The van der Waals surface area contributed by atoms with Gasteiger partial charge in [0.15, 0.2) is 0 Å². The van der Waals surface area contributed by atoms with Crippen LogP contribution < -0.4 is 10.6 Å². The number of halogens is 1. The minimum atomic E-state index is -0.301. The highest BCUT2D eigenvalue weighted by Crippen LogP contribution is 2.48. The first-order valence-electron chi connectivity index (χ1n) is 8.60. The number of urea groups is 1. The van der Waals surface area contributed by atoms with Crippen molar-refractivity contribution in [2.24, 2.45) is 0 Å². The number of aliphatic hydroxyl groups excluding tert-OH is 1. The number of hydrogen-bond acceptors (Lipinski definition) is 2. The molecule has 1 fully saturated rings. The number of hydrogen-bond donors (Lipinski definition) is 3. The van der Waals surface area contributed by atoms with Crippen LogP contribution in [-0.4, -0.2) is 24.3 Å². The minimum Gasteiger partial charge on any atom is -0.396 e. The lowest BCUT2D eigenvalue weighted by molar-refractivity contribution is 0.228. The molecule has 0 heterocycles. The van der Waals surface area contributed by atoms with Crippen molar-refractivity contribution in [3.8, 4) is 0 Å². The molecule has 0 bridgehead atoms. The highest BCUT2D eigenvalue weighted by molar-refractivity contribution is 5.74. The second-order valence-corrected chi connectivity index (χ2v) is 6.56. The van der Waals surface area contributed by atoms with Gasteiger partial charge in [0.05, 0.1) is 6.04 Å². The van der Waals surface area contributed by atoms with E-state index in [9.17, 15) is 14.3 Å². The summed E-state index contributed by atoms with van der Waals surface area (Å²) in [5.41, 5.74) is 1.33. The molecule has 0 spiro atoms. The Morgan fingerprint density at radius 3 is 2.44 bits per heavy atom. The molecular formula is C20H23FN2O2. The number of nitrogens with one attached hydrogen (secondary N) is 2. The molecule has 1 aliphatic rings. The van der Waals surface area contributed by atoms with Crippen molar-refractivity contribution in [1.82, 2.24) is 10.6 Å². The first kappa shape index (κ1) is 17.4. The van der Waals surface area contributed by atoms with Gasteiger partial charge in [-0.05, 0) is 36.5 Å². The average Bonchev–Trinajstić information content (AvgIpc) is 3.42. The van der Waals surface area contributed by atoms with Crippen molar-refractivity contribution >= 4 is 6.03 Å². The van der Waals surface area contributed by atoms with E-state index in [0.29, 0.717) is 18.5 Å². The zero-order valence-corrected chi connectivity index (χ0v) is 14.0. The number of rotatable bonds is 7. The van der Waals surface area contributed by atoms with E-state index in [0.717, 1.165) is 18.4 Å². The number of aliphatic hydroxyl groups is 1. The van der Waals surface area contributed by atoms with Crippen LogP contribution in [0.2, 0.25) is 0 Å². The monoisotopic (exact) mass is 342 g/mol. The molecule has 2 aromatic carbocycles. The number of amides is 2. The largest absolute Gasteiger partial charge is 0.396 e. The fourth-order valence-electron chi connectivity index (χ4n) is 3.18. The van der Waals surface area contributed by atoms with E-state index in [1.54, 1.807) is 12.1 Å². The van der Waals surface area contributed by atoms with Gasteiger partial charge in [-0.25, -0.2) is 9.18 Å². The van der Waals surface area contributed by atoms with Gasteiger partial charge in [-0.15, -0.1) is 0 Å². The lowest BCUT2D eigenvalue weighted by Crippen LogP contribution is -2.41. The zero-order chi connectivity index (χ0) is 17.7. The lowest BCUT2D eigenvalue weighted by Gasteiger charge is -2.21. The van der Waals surface area contributed by atoms with E-state index in [-0.39, 0.29) is 29.9 Å². The maximum atomic E-state index is 14.0. The molecule has 5 heteroatoms. The molecule has 1 saturated carbocycles. The topological polar surface area (TPSA) is 61.4 Å². The Balaban J connectivity index is 1.60. The minimum absolute atomic E-state index is 0.0149. The third-order valence-electron chi connectivity index (χ3n) is 4.81. The first-order valence-corrected chi connectivity index (χ1v) is 8.60. The number of carbonyl (C=O) groups is 1. The van der Waals surface area contributed by atoms with Crippen molar-refractivity contribution in [2.75, 3.05) is 13.2 Å². The summed E-state index contributed by atoms with van der Waals surface area (Å²) in [6, 6.07) is 15.7. The Morgan fingerprint density at radius 1 is 1.12 bits per heavy atom. The van der Waals surface area contributed by atoms with Crippen LogP contribution >= 0.6 is 0 Å². The molecule has 3 N–H and O–H groups in total. The van der Waals surface area contributed by atoms with E-state index in [1.165, 1.54) is 6.07 Å². The summed E-state index contributed by atoms with van der Waals surface area (Å²) >= 11 is 0. The number of carbonyl (C=O) groups excluding carboxylic acids is 1. The predicted molar refractivity (Wildman–Crippen MR) is 94.7 cm³/mol. The van der Waals surface area contributed by atoms with Gasteiger partial charge in [0.25, 0.3) is 0 Å². The molecule has 0 aliphatic heterocycles. The first-order chi connectivity index (χ1) is 12.1. The van der Waals surface area contributed by atoms with Gasteiger partial charge in [-0.1, -0.05) is 48.5 Å². The maximum Gasteiger partial charge on any atom is 0.315 e. The standard InChI is InChI=1S/C20H23FN2O2/c21-17-9-5-4-8-16(17)20(11-12-20)14-22-19(25)23-18(10-13-24)15-6-2-1-3-7-15/h1-9,18,24H,10-14H2,(H2,22,23,25)/t18-/m1/s1. The molecule has 4 nitrogen and oxygen atoms in total. The van der Waals surface area contributed by atoms with Gasteiger partial charge >= 0.3 is 6.03 Å². The van der Waals surface area contributed by atoms with Gasteiger partial charge in [0, 0.05) is 18.6 Å². The molecule has 2 amide bonds. The van der Waals surface area contributed by atoms with Crippen LogP contribution in [0.4, 0.5) is 9.18 Å². The van der Waals surface area contributed by atoms with Crippen molar-refractivity contribution in [3.05, 3.63) is 71.5 Å². The zero-order valence-electron chi connectivity index (χ0n) is 14.0. The molecule has 0 unspecified atom stereocenters. The normalized spacial score (nSPS) is 16.1. The molecule has 1 aliphatic carbocycles. The van der Waals surface area contributed by atoms with E-state index < -0.39 is 0 Å². The predicted octanol–water partition coefficient (Wildman–Crippen LogP) is 3.28. The second kappa shape index (κ2) is 7.66. The molecule has 132 valence electrons. The summed E-state index contributed by atoms with van der Waals surface area (Å²) in [6.07, 6.45) is 2.18. The number of benzene rings is 2. The second-order valence-electron chi connectivity index (χ2n) is 6.56. The van der Waals surface area contributed by atoms with Crippen molar-refractivity contribution in [3.63, 3.8) is 0 Å². The van der Waals surface area contributed by atoms with E-state index in [1.807, 2.05) is 36.4 Å². The van der Waals surface area contributed by atoms with Gasteiger partial charge < -0.3 is 15.7 Å². The van der Waals surface area contributed by atoms with E-state index in [4.69, 9.17) is 0 Å². The summed E-state index contributed by atoms with van der Waals surface area (Å²) in [5, 5.41) is 15.0. The summed E-state index contributed by atoms with van der Waals surface area (Å²) in [6.45, 7) is 0.388. The van der Waals surface area contributed by atoms with Gasteiger partial charge in [-0.2, -0.15) is 0 Å². The molecule has 2 aromatic rings. The molecule has 0 radical (unpaired) electrons. The molecule has 1 atom stereocenters. The van der Waals surface area contributed by atoms with Crippen LogP contribution in [0, 0.1) is 5.82 Å². The van der Waals surface area contributed by atoms with Crippen molar-refractivity contribution in [2.45, 2.75) is 30.7 Å². The fraction of sp³-hybridized carbons (Fsp3) is 0.350. The molecule has 0 saturated heterocycles. The fourth-order valence-corrected chi connectivity index (χ4v) is 3.18. The quantitative estimate of drug-likeness (QED) is 0.723. The highest BCUT2D eigenvalue weighted by Gasteiger charge is 2.46. The van der Waals surface area contributed by atoms with Crippen LogP contribution in [0.5, 0.6) is 0 Å². The van der Waals surface area contributed by atoms with E-state index >= 15 is 0 Å². The third kappa shape index (κ3) is 4.17. The smallest absolute Gasteiger partial charge is 0.315 e. The Morgan fingerprint density at radius 2 is 1.80 bits per heavy atom. The van der Waals surface area contributed by atoms with Crippen LogP contribution in [0.1, 0.15) is 36.4 Å². The van der Waals surface area contributed by atoms with Crippen LogP contribution in [-0.2, 0) is 5.41 Å². The molecule has 0 aromatic heterocycles. The third-order valence-corrected chi connectivity index (χ3v) is 4.81. The van der Waals surface area contributed by atoms with Crippen LogP contribution in [0.15, 0.2) is 54.6 Å². The van der Waals surface area contributed by atoms with Crippen LogP contribution in [0.25, 0.3) is 0 Å².